The summed E-state index contributed by atoms with van der Waals surface area (Å²) in [7, 11) is 2.22. The van der Waals surface area contributed by atoms with Crippen molar-refractivity contribution >= 4 is 35.8 Å². The maximum Gasteiger partial charge on any atom is 0.416 e. The third kappa shape index (κ3) is 8.93. The van der Waals surface area contributed by atoms with Crippen LogP contribution in [0.1, 0.15) is 11.1 Å². The van der Waals surface area contributed by atoms with Crippen LogP contribution in [-0.2, 0) is 17.5 Å². The summed E-state index contributed by atoms with van der Waals surface area (Å²) >= 11 is 0. The van der Waals surface area contributed by atoms with Gasteiger partial charge in [0.25, 0.3) is 0 Å². The molecule has 28 heavy (non-hydrogen) atoms. The van der Waals surface area contributed by atoms with Gasteiger partial charge < -0.3 is 15.5 Å². The van der Waals surface area contributed by atoms with Gasteiger partial charge in [0.05, 0.1) is 12.1 Å². The molecule has 2 N–H and O–H groups in total. The fourth-order valence-electron chi connectivity index (χ4n) is 2.02. The molecule has 13 heteroatoms. The van der Waals surface area contributed by atoms with Gasteiger partial charge in [-0.3, -0.25) is 9.79 Å². The second-order valence-electron chi connectivity index (χ2n) is 5.44. The molecule has 1 amide bonds. The van der Waals surface area contributed by atoms with Crippen LogP contribution < -0.4 is 10.6 Å². The summed E-state index contributed by atoms with van der Waals surface area (Å²) in [6, 6.07) is 2.15. The van der Waals surface area contributed by atoms with Crippen LogP contribution in [0.5, 0.6) is 0 Å². The van der Waals surface area contributed by atoms with Crippen LogP contribution in [0.25, 0.3) is 0 Å². The summed E-state index contributed by atoms with van der Waals surface area (Å²) in [4.78, 5) is 15.7. The number of rotatable bonds is 5. The van der Waals surface area contributed by atoms with Crippen LogP contribution in [0.2, 0.25) is 0 Å². The lowest BCUT2D eigenvalue weighted by molar-refractivity contribution is -0.157. The van der Waals surface area contributed by atoms with E-state index in [0.717, 1.165) is 19.2 Å². The molecule has 0 radical (unpaired) electrons. The van der Waals surface area contributed by atoms with Crippen molar-refractivity contribution in [1.29, 1.82) is 0 Å². The molecule has 0 unspecified atom stereocenters. The Bertz CT molecular complexity index is 692. The Balaban J connectivity index is 0.00000729. The maximum absolute atomic E-state index is 13.1. The number of likely N-dealkylation sites (N-methyl/N-ethyl adjacent to an activating group) is 1. The van der Waals surface area contributed by atoms with E-state index in [1.165, 1.54) is 7.05 Å². The van der Waals surface area contributed by atoms with Crippen molar-refractivity contribution in [3.05, 3.63) is 35.1 Å². The number of carbonyl (C=O) groups excluding carboxylic acids is 1. The molecule has 0 aliphatic carbocycles. The summed E-state index contributed by atoms with van der Waals surface area (Å²) in [5.74, 6) is -2.05. The fourth-order valence-corrected chi connectivity index (χ4v) is 2.02. The third-order valence-electron chi connectivity index (χ3n) is 3.30. The highest BCUT2D eigenvalue weighted by Crippen LogP contribution is 2.32. The van der Waals surface area contributed by atoms with Gasteiger partial charge in [-0.1, -0.05) is 6.07 Å². The van der Waals surface area contributed by atoms with E-state index in [4.69, 9.17) is 0 Å². The summed E-state index contributed by atoms with van der Waals surface area (Å²) in [6.45, 7) is -2.40. The molecule has 1 aromatic carbocycles. The average Bonchev–Trinajstić information content (AvgIpc) is 2.53. The molecule has 0 atom stereocenters. The Morgan fingerprint density at radius 2 is 1.75 bits per heavy atom. The van der Waals surface area contributed by atoms with Gasteiger partial charge >= 0.3 is 12.4 Å². The highest BCUT2D eigenvalue weighted by atomic mass is 127. The lowest BCUT2D eigenvalue weighted by atomic mass is 10.1. The van der Waals surface area contributed by atoms with Crippen molar-refractivity contribution in [2.45, 2.75) is 18.9 Å². The van der Waals surface area contributed by atoms with Crippen molar-refractivity contribution in [3.63, 3.8) is 0 Å². The maximum atomic E-state index is 13.1. The van der Waals surface area contributed by atoms with Crippen molar-refractivity contribution in [2.24, 2.45) is 4.99 Å². The first-order valence-corrected chi connectivity index (χ1v) is 7.44. The lowest BCUT2D eigenvalue weighted by Gasteiger charge is -2.20. The molecule has 0 aromatic heterocycles. The first-order chi connectivity index (χ1) is 12.3. The van der Waals surface area contributed by atoms with Crippen molar-refractivity contribution in [1.82, 2.24) is 15.5 Å². The Morgan fingerprint density at radius 1 is 1.14 bits per heavy atom. The van der Waals surface area contributed by atoms with E-state index in [1.54, 1.807) is 0 Å². The number of benzene rings is 1. The first kappa shape index (κ1) is 26.2. The largest absolute Gasteiger partial charge is 0.416 e. The van der Waals surface area contributed by atoms with Gasteiger partial charge in [0.1, 0.15) is 12.4 Å². The van der Waals surface area contributed by atoms with Gasteiger partial charge in [-0.15, -0.1) is 24.0 Å². The Morgan fingerprint density at radius 3 is 2.25 bits per heavy atom. The Hall–Kier alpha value is -1.80. The molecule has 0 bridgehead atoms. The molecule has 160 valence electrons. The third-order valence-corrected chi connectivity index (χ3v) is 3.30. The SMILES string of the molecule is CN=C(NCC(=O)N(C)CC(F)(F)F)NCc1ccc(F)cc1C(F)(F)F.I. The smallest absolute Gasteiger partial charge is 0.352 e. The van der Waals surface area contributed by atoms with E-state index in [2.05, 4.69) is 15.6 Å². The zero-order valence-electron chi connectivity index (χ0n) is 14.7. The van der Waals surface area contributed by atoms with Gasteiger partial charge in [0.15, 0.2) is 5.96 Å². The molecular formula is C15H18F7IN4O. The summed E-state index contributed by atoms with van der Waals surface area (Å²) < 4.78 is 88.6. The number of carbonyl (C=O) groups is 1. The Labute approximate surface area is 173 Å². The standard InChI is InChI=1S/C15H17F7N4O.HI/c1-23-13(25-7-12(27)26(2)8-14(17,18)19)24-6-9-3-4-10(16)5-11(9)15(20,21)22;/h3-5H,6-8H2,1-2H3,(H2,23,24,25);1H. The molecule has 0 saturated heterocycles. The zero-order chi connectivity index (χ0) is 20.8. The predicted molar refractivity (Wildman–Crippen MR) is 98.7 cm³/mol. The molecule has 0 fully saturated rings. The molecule has 0 saturated carbocycles. The topological polar surface area (TPSA) is 56.7 Å². The molecule has 1 aromatic rings. The zero-order valence-corrected chi connectivity index (χ0v) is 17.0. The summed E-state index contributed by atoms with van der Waals surface area (Å²) in [5.41, 5.74) is -1.45. The number of nitrogens with one attached hydrogen (secondary N) is 2. The predicted octanol–water partition coefficient (Wildman–Crippen LogP) is 3.15. The summed E-state index contributed by atoms with van der Waals surface area (Å²) in [6.07, 6.45) is -9.33. The first-order valence-electron chi connectivity index (χ1n) is 7.44. The van der Waals surface area contributed by atoms with Crippen molar-refractivity contribution in [2.75, 3.05) is 27.2 Å². The average molecular weight is 530 g/mol. The van der Waals surface area contributed by atoms with Gasteiger partial charge in [-0.25, -0.2) is 4.39 Å². The number of nitrogens with zero attached hydrogens (tertiary/aromatic N) is 2. The minimum absolute atomic E-state index is 0. The highest BCUT2D eigenvalue weighted by Gasteiger charge is 2.34. The summed E-state index contributed by atoms with van der Waals surface area (Å²) in [5, 5.41) is 4.88. The second-order valence-corrected chi connectivity index (χ2v) is 5.44. The molecular weight excluding hydrogens is 512 g/mol. The molecule has 0 aliphatic rings. The number of hydrogen-bond acceptors (Lipinski definition) is 2. The van der Waals surface area contributed by atoms with Crippen LogP contribution >= 0.6 is 24.0 Å². The van der Waals surface area contributed by atoms with Crippen LogP contribution in [0.3, 0.4) is 0 Å². The van der Waals surface area contributed by atoms with Gasteiger partial charge in [-0.05, 0) is 17.7 Å². The second kappa shape index (κ2) is 10.7. The van der Waals surface area contributed by atoms with Gasteiger partial charge in [0, 0.05) is 20.6 Å². The number of hydrogen-bond donors (Lipinski definition) is 2. The lowest BCUT2D eigenvalue weighted by Crippen LogP contribution is -2.45. The number of guanidine groups is 1. The molecule has 0 aliphatic heterocycles. The van der Waals surface area contributed by atoms with E-state index in [1.807, 2.05) is 0 Å². The number of amides is 1. The minimum Gasteiger partial charge on any atom is -0.352 e. The molecule has 0 heterocycles. The van der Waals surface area contributed by atoms with Gasteiger partial charge in [-0.2, -0.15) is 26.3 Å². The molecule has 1 rings (SSSR count). The van der Waals surface area contributed by atoms with E-state index in [9.17, 15) is 35.5 Å². The minimum atomic E-state index is -4.77. The Kier molecular flexibility index (Phi) is 9.98. The van der Waals surface area contributed by atoms with E-state index < -0.39 is 49.3 Å². The van der Waals surface area contributed by atoms with E-state index in [-0.39, 0.29) is 35.5 Å². The molecule has 5 nitrogen and oxygen atoms in total. The highest BCUT2D eigenvalue weighted by molar-refractivity contribution is 14.0. The number of halogens is 8. The number of alkyl halides is 6. The van der Waals surface area contributed by atoms with Crippen molar-refractivity contribution in [3.8, 4) is 0 Å². The van der Waals surface area contributed by atoms with E-state index in [0.29, 0.717) is 11.0 Å². The van der Waals surface area contributed by atoms with Crippen LogP contribution in [0.15, 0.2) is 23.2 Å². The number of aliphatic imine (C=N–C) groups is 1. The van der Waals surface area contributed by atoms with Crippen LogP contribution in [0.4, 0.5) is 30.7 Å². The van der Waals surface area contributed by atoms with Crippen LogP contribution in [0, 0.1) is 5.82 Å². The van der Waals surface area contributed by atoms with Crippen molar-refractivity contribution < 1.29 is 35.5 Å². The van der Waals surface area contributed by atoms with Gasteiger partial charge in [0.2, 0.25) is 5.91 Å². The van der Waals surface area contributed by atoms with Crippen LogP contribution in [-0.4, -0.2) is 50.1 Å². The normalized spacial score (nSPS) is 12.2. The molecule has 0 spiro atoms. The quantitative estimate of drug-likeness (QED) is 0.267. The van der Waals surface area contributed by atoms with E-state index >= 15 is 0 Å². The fraction of sp³-hybridized carbons (Fsp3) is 0.467. The monoisotopic (exact) mass is 530 g/mol.